The van der Waals surface area contributed by atoms with Crippen molar-refractivity contribution in [2.24, 2.45) is 0 Å². The molecule has 0 aliphatic heterocycles. The van der Waals surface area contributed by atoms with E-state index in [9.17, 15) is 0 Å². The Morgan fingerprint density at radius 1 is 0.548 bits per heavy atom. The van der Waals surface area contributed by atoms with Gasteiger partial charge in [-0.05, 0) is 32.1 Å². The maximum atomic E-state index is 2.57. The molecule has 1 heterocycles. The number of hydrogen-bond acceptors (Lipinski definition) is 0. The van der Waals surface area contributed by atoms with Crippen LogP contribution in [0.2, 0.25) is 0 Å². The highest BCUT2D eigenvalue weighted by atomic mass is 15.1. The Labute approximate surface area is 196 Å². The number of aromatic nitrogens is 2. The molecule has 0 fully saturated rings. The Morgan fingerprint density at radius 2 is 1.00 bits per heavy atom. The summed E-state index contributed by atoms with van der Waals surface area (Å²) in [6, 6.07) is 0. The SMILES string of the molecule is CCCCCCCCCCCCCCC[n+]1ccn(CCCCCCC)c1CCCC. The second-order valence-corrected chi connectivity index (χ2v) is 9.86. The van der Waals surface area contributed by atoms with Crippen molar-refractivity contribution >= 4 is 0 Å². The summed E-state index contributed by atoms with van der Waals surface area (Å²) in [6.07, 6.45) is 34.1. The van der Waals surface area contributed by atoms with E-state index in [0.29, 0.717) is 0 Å². The second-order valence-electron chi connectivity index (χ2n) is 9.86. The minimum atomic E-state index is 1.22. The number of hydrogen-bond donors (Lipinski definition) is 0. The smallest absolute Gasteiger partial charge is 0.234 e. The fourth-order valence-electron chi connectivity index (χ4n) is 4.71. The predicted molar refractivity (Wildman–Crippen MR) is 138 cm³/mol. The largest absolute Gasteiger partial charge is 0.256 e. The van der Waals surface area contributed by atoms with Gasteiger partial charge in [-0.2, -0.15) is 0 Å². The fourth-order valence-corrected chi connectivity index (χ4v) is 4.71. The van der Waals surface area contributed by atoms with Crippen molar-refractivity contribution < 1.29 is 4.57 Å². The average molecular weight is 434 g/mol. The summed E-state index contributed by atoms with van der Waals surface area (Å²) in [5, 5.41) is 0. The summed E-state index contributed by atoms with van der Waals surface area (Å²) >= 11 is 0. The van der Waals surface area contributed by atoms with Crippen molar-refractivity contribution in [3.8, 4) is 0 Å². The maximum Gasteiger partial charge on any atom is 0.256 e. The zero-order valence-corrected chi connectivity index (χ0v) is 21.8. The van der Waals surface area contributed by atoms with Crippen molar-refractivity contribution in [2.75, 3.05) is 0 Å². The lowest BCUT2D eigenvalue weighted by Crippen LogP contribution is -2.37. The molecule has 0 radical (unpaired) electrons. The summed E-state index contributed by atoms with van der Waals surface area (Å²) in [5.41, 5.74) is 0. The van der Waals surface area contributed by atoms with Gasteiger partial charge in [-0.3, -0.25) is 0 Å². The molecule has 2 nitrogen and oxygen atoms in total. The van der Waals surface area contributed by atoms with Gasteiger partial charge in [-0.15, -0.1) is 0 Å². The van der Waals surface area contributed by atoms with E-state index in [1.165, 1.54) is 148 Å². The van der Waals surface area contributed by atoms with Crippen molar-refractivity contribution in [3.63, 3.8) is 0 Å². The predicted octanol–water partition coefficient (Wildman–Crippen LogP) is 9.18. The summed E-state index contributed by atoms with van der Waals surface area (Å²) < 4.78 is 5.13. The minimum absolute atomic E-state index is 1.22. The van der Waals surface area contributed by atoms with E-state index in [4.69, 9.17) is 0 Å². The number of imidazole rings is 1. The molecule has 0 aliphatic carbocycles. The van der Waals surface area contributed by atoms with Crippen LogP contribution in [0.15, 0.2) is 12.4 Å². The van der Waals surface area contributed by atoms with Crippen molar-refractivity contribution in [2.45, 2.75) is 169 Å². The molecule has 0 atom stereocenters. The lowest BCUT2D eigenvalue weighted by Gasteiger charge is -2.06. The van der Waals surface area contributed by atoms with E-state index in [1.807, 2.05) is 0 Å². The standard InChI is InChI=1S/C29H57N2/c1-4-7-10-12-13-14-15-16-17-18-19-21-23-26-31-28-27-30(29(31)24-9-6-3)25-22-20-11-8-5-2/h27-28H,4-26H2,1-3H3/q+1. The van der Waals surface area contributed by atoms with E-state index >= 15 is 0 Å². The molecule has 0 aromatic carbocycles. The zero-order valence-electron chi connectivity index (χ0n) is 21.8. The van der Waals surface area contributed by atoms with Gasteiger partial charge < -0.3 is 0 Å². The van der Waals surface area contributed by atoms with Crippen LogP contribution in [-0.4, -0.2) is 4.57 Å². The number of unbranched alkanes of at least 4 members (excludes halogenated alkanes) is 17. The Hall–Kier alpha value is -0.790. The Bertz CT molecular complexity index is 491. The summed E-state index contributed by atoms with van der Waals surface area (Å²) in [4.78, 5) is 0. The summed E-state index contributed by atoms with van der Waals surface area (Å²) in [6.45, 7) is 9.35. The average Bonchev–Trinajstić information content (AvgIpc) is 3.16. The molecular formula is C29H57N2+. The van der Waals surface area contributed by atoms with Crippen LogP contribution in [0.3, 0.4) is 0 Å². The van der Waals surface area contributed by atoms with Gasteiger partial charge in [0, 0.05) is 6.42 Å². The summed E-state index contributed by atoms with van der Waals surface area (Å²) in [5.74, 6) is 1.58. The van der Waals surface area contributed by atoms with Crippen molar-refractivity contribution in [1.29, 1.82) is 0 Å². The molecule has 0 saturated heterocycles. The molecule has 0 amide bonds. The first-order chi connectivity index (χ1) is 15.3. The Morgan fingerprint density at radius 3 is 1.52 bits per heavy atom. The zero-order chi connectivity index (χ0) is 22.4. The highest BCUT2D eigenvalue weighted by Gasteiger charge is 2.16. The van der Waals surface area contributed by atoms with E-state index in [2.05, 4.69) is 42.3 Å². The van der Waals surface area contributed by atoms with Crippen LogP contribution in [0.25, 0.3) is 0 Å². The van der Waals surface area contributed by atoms with Crippen LogP contribution in [0.4, 0.5) is 0 Å². The topological polar surface area (TPSA) is 8.81 Å². The van der Waals surface area contributed by atoms with E-state index in [0.717, 1.165) is 0 Å². The Balaban J connectivity index is 2.14. The quantitative estimate of drug-likeness (QED) is 0.120. The third-order valence-electron chi connectivity index (χ3n) is 6.85. The monoisotopic (exact) mass is 433 g/mol. The second kappa shape index (κ2) is 21.1. The van der Waals surface area contributed by atoms with E-state index in [-0.39, 0.29) is 0 Å². The lowest BCUT2D eigenvalue weighted by molar-refractivity contribution is -0.704. The molecule has 2 heteroatoms. The summed E-state index contributed by atoms with van der Waals surface area (Å²) in [7, 11) is 0. The van der Waals surface area contributed by atoms with Gasteiger partial charge in [0.05, 0.1) is 13.1 Å². The van der Waals surface area contributed by atoms with Crippen LogP contribution in [0.1, 0.15) is 155 Å². The molecule has 1 aromatic heterocycles. The molecule has 0 bridgehead atoms. The highest BCUT2D eigenvalue weighted by Crippen LogP contribution is 2.13. The first-order valence-electron chi connectivity index (χ1n) is 14.4. The van der Waals surface area contributed by atoms with Gasteiger partial charge in [0.15, 0.2) is 0 Å². The lowest BCUT2D eigenvalue weighted by atomic mass is 10.0. The molecule has 31 heavy (non-hydrogen) atoms. The molecule has 0 spiro atoms. The number of aryl methyl sites for hydroxylation is 2. The first kappa shape index (κ1) is 28.2. The van der Waals surface area contributed by atoms with Crippen LogP contribution in [0.5, 0.6) is 0 Å². The van der Waals surface area contributed by atoms with Gasteiger partial charge in [0.25, 0.3) is 5.82 Å². The third-order valence-corrected chi connectivity index (χ3v) is 6.85. The van der Waals surface area contributed by atoms with Crippen LogP contribution < -0.4 is 4.57 Å². The molecule has 182 valence electrons. The minimum Gasteiger partial charge on any atom is -0.234 e. The van der Waals surface area contributed by atoms with E-state index in [1.54, 1.807) is 5.82 Å². The number of nitrogens with zero attached hydrogens (tertiary/aromatic N) is 2. The Kier molecular flexibility index (Phi) is 19.2. The van der Waals surface area contributed by atoms with E-state index < -0.39 is 0 Å². The molecule has 0 N–H and O–H groups in total. The molecule has 1 rings (SSSR count). The van der Waals surface area contributed by atoms with Gasteiger partial charge in [-0.1, -0.05) is 117 Å². The number of rotatable bonds is 23. The van der Waals surface area contributed by atoms with Gasteiger partial charge in [0.2, 0.25) is 0 Å². The highest BCUT2D eigenvalue weighted by molar-refractivity contribution is 4.84. The molecule has 0 saturated carbocycles. The molecule has 0 unspecified atom stereocenters. The molecule has 0 aliphatic rings. The van der Waals surface area contributed by atoms with Gasteiger partial charge in [0.1, 0.15) is 12.4 Å². The first-order valence-corrected chi connectivity index (χ1v) is 14.4. The van der Waals surface area contributed by atoms with Crippen molar-refractivity contribution in [1.82, 2.24) is 4.57 Å². The third kappa shape index (κ3) is 14.8. The van der Waals surface area contributed by atoms with Crippen LogP contribution in [-0.2, 0) is 19.5 Å². The molecule has 1 aromatic rings. The van der Waals surface area contributed by atoms with Crippen LogP contribution in [0, 0.1) is 0 Å². The van der Waals surface area contributed by atoms with Crippen molar-refractivity contribution in [3.05, 3.63) is 18.2 Å². The van der Waals surface area contributed by atoms with Gasteiger partial charge >= 0.3 is 0 Å². The van der Waals surface area contributed by atoms with Gasteiger partial charge in [-0.25, -0.2) is 9.13 Å². The van der Waals surface area contributed by atoms with Crippen LogP contribution >= 0.6 is 0 Å². The maximum absolute atomic E-state index is 2.57. The molecular weight excluding hydrogens is 376 g/mol. The normalized spacial score (nSPS) is 11.5. The fraction of sp³-hybridized carbons (Fsp3) is 0.897.